The highest BCUT2D eigenvalue weighted by molar-refractivity contribution is 5.91. The first-order chi connectivity index (χ1) is 8.18. The summed E-state index contributed by atoms with van der Waals surface area (Å²) in [6, 6.07) is 7.11. The fraction of sp³-hybridized carbons (Fsp3) is 0.0833. The van der Waals surface area contributed by atoms with Gasteiger partial charge in [-0.2, -0.15) is 5.10 Å². The van der Waals surface area contributed by atoms with Crippen molar-refractivity contribution < 1.29 is 0 Å². The quantitative estimate of drug-likeness (QED) is 0.577. The SMILES string of the molecule is Cn1ncc2[nH]c3ccccc3c(=O)c2c1=O. The highest BCUT2D eigenvalue weighted by atomic mass is 16.1. The number of aromatic amines is 1. The summed E-state index contributed by atoms with van der Waals surface area (Å²) in [7, 11) is 1.52. The number of nitrogens with zero attached hydrogens (tertiary/aromatic N) is 2. The Hall–Kier alpha value is -2.43. The Kier molecular flexibility index (Phi) is 1.89. The Labute approximate surface area is 95.3 Å². The molecule has 0 aliphatic carbocycles. The van der Waals surface area contributed by atoms with Crippen molar-refractivity contribution in [2.75, 3.05) is 0 Å². The van der Waals surface area contributed by atoms with E-state index in [9.17, 15) is 9.59 Å². The van der Waals surface area contributed by atoms with E-state index in [0.717, 1.165) is 4.68 Å². The molecule has 0 unspecified atom stereocenters. The molecule has 0 aliphatic rings. The summed E-state index contributed by atoms with van der Waals surface area (Å²) < 4.78 is 1.16. The Balaban J connectivity index is 2.71. The number of aryl methyl sites for hydroxylation is 1. The van der Waals surface area contributed by atoms with Crippen molar-refractivity contribution in [2.45, 2.75) is 0 Å². The molecule has 5 nitrogen and oxygen atoms in total. The van der Waals surface area contributed by atoms with Gasteiger partial charge in [0.1, 0.15) is 5.39 Å². The lowest BCUT2D eigenvalue weighted by molar-refractivity contribution is 0.717. The van der Waals surface area contributed by atoms with Gasteiger partial charge in [0, 0.05) is 18.0 Å². The minimum absolute atomic E-state index is 0.154. The molecule has 5 heteroatoms. The van der Waals surface area contributed by atoms with Crippen molar-refractivity contribution in [2.24, 2.45) is 7.05 Å². The number of hydrogen-bond donors (Lipinski definition) is 1. The highest BCUT2D eigenvalue weighted by Gasteiger charge is 2.09. The minimum Gasteiger partial charge on any atom is -0.353 e. The van der Waals surface area contributed by atoms with E-state index in [4.69, 9.17) is 0 Å². The molecule has 2 aromatic heterocycles. The summed E-state index contributed by atoms with van der Waals surface area (Å²) in [5, 5.41) is 4.56. The Morgan fingerprint density at radius 2 is 1.94 bits per heavy atom. The topological polar surface area (TPSA) is 67.8 Å². The average Bonchev–Trinajstić information content (AvgIpc) is 2.34. The summed E-state index contributed by atoms with van der Waals surface area (Å²) in [5.41, 5.74) is 0.545. The number of fused-ring (bicyclic) bond motifs is 2. The number of hydrogen-bond acceptors (Lipinski definition) is 3. The van der Waals surface area contributed by atoms with Gasteiger partial charge in [-0.1, -0.05) is 12.1 Å². The third kappa shape index (κ3) is 1.29. The van der Waals surface area contributed by atoms with Crippen molar-refractivity contribution in [3.63, 3.8) is 0 Å². The average molecular weight is 227 g/mol. The van der Waals surface area contributed by atoms with E-state index in [2.05, 4.69) is 10.1 Å². The van der Waals surface area contributed by atoms with Gasteiger partial charge in [0.25, 0.3) is 5.56 Å². The first-order valence-corrected chi connectivity index (χ1v) is 5.15. The fourth-order valence-corrected chi connectivity index (χ4v) is 1.92. The van der Waals surface area contributed by atoms with E-state index in [1.54, 1.807) is 18.2 Å². The molecule has 0 saturated heterocycles. The molecule has 0 atom stereocenters. The summed E-state index contributed by atoms with van der Waals surface area (Å²) in [6.45, 7) is 0. The van der Waals surface area contributed by atoms with Crippen LogP contribution in [0.1, 0.15) is 0 Å². The zero-order chi connectivity index (χ0) is 12.0. The molecular weight excluding hydrogens is 218 g/mol. The summed E-state index contributed by atoms with van der Waals surface area (Å²) in [5.74, 6) is 0. The van der Waals surface area contributed by atoms with E-state index in [1.165, 1.54) is 13.2 Å². The number of pyridine rings is 1. The van der Waals surface area contributed by atoms with Gasteiger partial charge in [-0.3, -0.25) is 9.59 Å². The maximum absolute atomic E-state index is 12.2. The second-order valence-electron chi connectivity index (χ2n) is 3.86. The predicted molar refractivity (Wildman–Crippen MR) is 65.1 cm³/mol. The molecule has 0 fully saturated rings. The van der Waals surface area contributed by atoms with Crippen LogP contribution in [0.25, 0.3) is 21.8 Å². The number of nitrogens with one attached hydrogen (secondary N) is 1. The minimum atomic E-state index is -0.380. The normalized spacial score (nSPS) is 11.1. The Morgan fingerprint density at radius 3 is 2.76 bits per heavy atom. The molecule has 17 heavy (non-hydrogen) atoms. The molecule has 0 radical (unpaired) electrons. The van der Waals surface area contributed by atoms with E-state index < -0.39 is 0 Å². The molecule has 2 heterocycles. The molecule has 0 bridgehead atoms. The van der Waals surface area contributed by atoms with Crippen LogP contribution in [0, 0.1) is 0 Å². The van der Waals surface area contributed by atoms with Crippen LogP contribution in [0.15, 0.2) is 40.1 Å². The van der Waals surface area contributed by atoms with Gasteiger partial charge in [0.2, 0.25) is 5.43 Å². The van der Waals surface area contributed by atoms with Gasteiger partial charge >= 0.3 is 0 Å². The first-order valence-electron chi connectivity index (χ1n) is 5.15. The molecule has 0 saturated carbocycles. The highest BCUT2D eigenvalue weighted by Crippen LogP contribution is 2.10. The smallest absolute Gasteiger partial charge is 0.279 e. The number of aromatic nitrogens is 3. The maximum Gasteiger partial charge on any atom is 0.279 e. The molecule has 0 aliphatic heterocycles. The van der Waals surface area contributed by atoms with E-state index in [1.807, 2.05) is 6.07 Å². The van der Waals surface area contributed by atoms with E-state index in [0.29, 0.717) is 16.4 Å². The molecule has 0 amide bonds. The van der Waals surface area contributed by atoms with E-state index >= 15 is 0 Å². The van der Waals surface area contributed by atoms with Gasteiger partial charge < -0.3 is 4.98 Å². The van der Waals surface area contributed by atoms with Crippen molar-refractivity contribution in [1.82, 2.24) is 14.8 Å². The summed E-state index contributed by atoms with van der Waals surface area (Å²) >= 11 is 0. The zero-order valence-electron chi connectivity index (χ0n) is 9.10. The van der Waals surface area contributed by atoms with Crippen LogP contribution in [-0.4, -0.2) is 14.8 Å². The fourth-order valence-electron chi connectivity index (χ4n) is 1.92. The lowest BCUT2D eigenvalue weighted by Crippen LogP contribution is -2.24. The molecular formula is C12H9N3O2. The van der Waals surface area contributed by atoms with Crippen LogP contribution in [-0.2, 0) is 7.05 Å². The lowest BCUT2D eigenvalue weighted by Gasteiger charge is -2.02. The van der Waals surface area contributed by atoms with Crippen LogP contribution in [0.2, 0.25) is 0 Å². The van der Waals surface area contributed by atoms with Crippen molar-refractivity contribution in [3.8, 4) is 0 Å². The summed E-state index contributed by atoms with van der Waals surface area (Å²) in [6.07, 6.45) is 1.49. The van der Waals surface area contributed by atoms with Gasteiger partial charge in [-0.05, 0) is 12.1 Å². The van der Waals surface area contributed by atoms with Crippen LogP contribution in [0.3, 0.4) is 0 Å². The number of benzene rings is 1. The monoisotopic (exact) mass is 227 g/mol. The maximum atomic E-state index is 12.2. The van der Waals surface area contributed by atoms with Gasteiger partial charge in [-0.15, -0.1) is 0 Å². The molecule has 84 valence electrons. The largest absolute Gasteiger partial charge is 0.353 e. The van der Waals surface area contributed by atoms with Gasteiger partial charge in [-0.25, -0.2) is 4.68 Å². The number of rotatable bonds is 0. The molecule has 1 N–H and O–H groups in total. The predicted octanol–water partition coefficient (Wildman–Crippen LogP) is 0.775. The van der Waals surface area contributed by atoms with Gasteiger partial charge in [0.05, 0.1) is 11.7 Å². The van der Waals surface area contributed by atoms with Crippen LogP contribution >= 0.6 is 0 Å². The third-order valence-electron chi connectivity index (χ3n) is 2.81. The third-order valence-corrected chi connectivity index (χ3v) is 2.81. The van der Waals surface area contributed by atoms with Gasteiger partial charge in [0.15, 0.2) is 0 Å². The molecule has 0 spiro atoms. The zero-order valence-corrected chi connectivity index (χ0v) is 9.10. The number of H-pyrrole nitrogens is 1. The Bertz CT molecular complexity index is 846. The van der Waals surface area contributed by atoms with E-state index in [-0.39, 0.29) is 16.4 Å². The first kappa shape index (κ1) is 9.77. The van der Waals surface area contributed by atoms with Crippen molar-refractivity contribution >= 4 is 21.8 Å². The Morgan fingerprint density at radius 1 is 1.18 bits per heavy atom. The second kappa shape index (κ2) is 3.28. The lowest BCUT2D eigenvalue weighted by atomic mass is 10.1. The molecule has 3 aromatic rings. The van der Waals surface area contributed by atoms with Crippen LogP contribution in [0.5, 0.6) is 0 Å². The molecule has 1 aromatic carbocycles. The summed E-state index contributed by atoms with van der Waals surface area (Å²) in [4.78, 5) is 27.1. The van der Waals surface area contributed by atoms with Crippen LogP contribution in [0.4, 0.5) is 0 Å². The number of para-hydroxylation sites is 1. The standard InChI is InChI=1S/C12H9N3O2/c1-15-12(17)10-9(6-13-15)14-8-5-3-2-4-7(8)11(10)16/h2-6H,1H3,(H,14,16). The second-order valence-corrected chi connectivity index (χ2v) is 3.86. The van der Waals surface area contributed by atoms with Crippen molar-refractivity contribution in [1.29, 1.82) is 0 Å². The van der Waals surface area contributed by atoms with Crippen molar-refractivity contribution in [3.05, 3.63) is 51.0 Å². The van der Waals surface area contributed by atoms with Crippen LogP contribution < -0.4 is 11.0 Å². The molecule has 3 rings (SSSR count).